The van der Waals surface area contributed by atoms with E-state index in [1.54, 1.807) is 20.8 Å². The van der Waals surface area contributed by atoms with Gasteiger partial charge in [-0.15, -0.1) is 0 Å². The maximum Gasteiger partial charge on any atom is 0.408 e. The number of esters is 1. The van der Waals surface area contributed by atoms with Gasteiger partial charge >= 0.3 is 12.1 Å². The fourth-order valence-electron chi connectivity index (χ4n) is 1.94. The summed E-state index contributed by atoms with van der Waals surface area (Å²) < 4.78 is 9.85. The number of ketones is 1. The Balaban J connectivity index is 5.17. The molecule has 0 rings (SSSR count). The molecule has 22 heavy (non-hydrogen) atoms. The van der Waals surface area contributed by atoms with Gasteiger partial charge in [-0.25, -0.2) is 4.79 Å². The minimum atomic E-state index is -1.33. The van der Waals surface area contributed by atoms with Gasteiger partial charge in [-0.2, -0.15) is 0 Å². The average Bonchev–Trinajstić information content (AvgIpc) is 2.32. The molecule has 0 aliphatic heterocycles. The molecule has 0 saturated heterocycles. The van der Waals surface area contributed by atoms with Crippen molar-refractivity contribution < 1.29 is 23.9 Å². The lowest BCUT2D eigenvalue weighted by Gasteiger charge is -2.28. The highest BCUT2D eigenvalue weighted by atomic mass is 16.6. The second kappa shape index (κ2) is 7.61. The summed E-state index contributed by atoms with van der Waals surface area (Å²) in [6, 6.07) is -0.802. The molecule has 0 aromatic heterocycles. The Morgan fingerprint density at radius 1 is 1.05 bits per heavy atom. The van der Waals surface area contributed by atoms with E-state index >= 15 is 0 Å². The summed E-state index contributed by atoms with van der Waals surface area (Å²) >= 11 is 0. The lowest BCUT2D eigenvalue weighted by atomic mass is 9.82. The molecule has 0 aliphatic carbocycles. The van der Waals surface area contributed by atoms with E-state index in [0.29, 0.717) is 6.42 Å². The number of alkyl carbamates (subject to hydrolysis) is 1. The normalized spacial score (nSPS) is 13.5. The lowest BCUT2D eigenvalue weighted by Crippen LogP contribution is -2.50. The van der Waals surface area contributed by atoms with Crippen LogP contribution in [0, 0.1) is 11.3 Å². The highest BCUT2D eigenvalue weighted by Gasteiger charge is 2.42. The van der Waals surface area contributed by atoms with E-state index in [-0.39, 0.29) is 11.7 Å². The van der Waals surface area contributed by atoms with Gasteiger partial charge in [0.25, 0.3) is 0 Å². The van der Waals surface area contributed by atoms with Crippen molar-refractivity contribution in [2.24, 2.45) is 11.3 Å². The third-order valence-electron chi connectivity index (χ3n) is 3.03. The van der Waals surface area contributed by atoms with Gasteiger partial charge in [-0.3, -0.25) is 9.59 Å². The van der Waals surface area contributed by atoms with Crippen LogP contribution >= 0.6 is 0 Å². The van der Waals surface area contributed by atoms with Crippen LogP contribution in [0.3, 0.4) is 0 Å². The van der Waals surface area contributed by atoms with Crippen molar-refractivity contribution in [2.45, 2.75) is 66.5 Å². The Morgan fingerprint density at radius 3 is 1.91 bits per heavy atom. The molecule has 0 heterocycles. The summed E-state index contributed by atoms with van der Waals surface area (Å²) in [4.78, 5) is 36.3. The van der Waals surface area contributed by atoms with E-state index in [2.05, 4.69) is 10.1 Å². The number of Topliss-reactive ketones (excluding diaryl/α,β-unsaturated/α-hetero) is 1. The fourth-order valence-corrected chi connectivity index (χ4v) is 1.94. The SMILES string of the molecule is COC(=O)C(C)(C)C(=O)[C@H](CC(C)C)NC(=O)OC(C)(C)C. The Kier molecular flexibility index (Phi) is 7.06. The molecule has 0 saturated carbocycles. The van der Waals surface area contributed by atoms with E-state index in [1.165, 1.54) is 21.0 Å². The van der Waals surface area contributed by atoms with Crippen LogP contribution in [0.4, 0.5) is 4.79 Å². The summed E-state index contributed by atoms with van der Waals surface area (Å²) in [5.74, 6) is -0.853. The van der Waals surface area contributed by atoms with Crippen LogP contribution in [0.1, 0.15) is 54.9 Å². The van der Waals surface area contributed by atoms with Crippen molar-refractivity contribution in [1.82, 2.24) is 5.32 Å². The number of ether oxygens (including phenoxy) is 2. The molecule has 1 N–H and O–H groups in total. The highest BCUT2D eigenvalue weighted by molar-refractivity contribution is 6.06. The molecule has 1 amide bonds. The van der Waals surface area contributed by atoms with Gasteiger partial charge in [-0.05, 0) is 47.0 Å². The number of methoxy groups -OCH3 is 1. The second-order valence-corrected chi connectivity index (χ2v) is 7.31. The van der Waals surface area contributed by atoms with Gasteiger partial charge in [-0.1, -0.05) is 13.8 Å². The van der Waals surface area contributed by atoms with Crippen LogP contribution in [0.5, 0.6) is 0 Å². The molecular formula is C16H29NO5. The van der Waals surface area contributed by atoms with E-state index in [1.807, 2.05) is 13.8 Å². The summed E-state index contributed by atoms with van der Waals surface area (Å²) in [6.45, 7) is 12.1. The zero-order valence-electron chi connectivity index (χ0n) is 14.9. The molecule has 0 unspecified atom stereocenters. The first-order chi connectivity index (χ1) is 9.81. The van der Waals surface area contributed by atoms with E-state index in [4.69, 9.17) is 4.74 Å². The van der Waals surface area contributed by atoms with Gasteiger partial charge < -0.3 is 14.8 Å². The predicted octanol–water partition coefficient (Wildman–Crippen LogP) is 2.69. The third kappa shape index (κ3) is 6.45. The number of carbonyl (C=O) groups is 3. The second-order valence-electron chi connectivity index (χ2n) is 7.31. The molecule has 0 radical (unpaired) electrons. The molecule has 0 aromatic carbocycles. The number of hydrogen-bond donors (Lipinski definition) is 1. The number of rotatable bonds is 6. The fraction of sp³-hybridized carbons (Fsp3) is 0.812. The van der Waals surface area contributed by atoms with Gasteiger partial charge in [0.2, 0.25) is 0 Å². The Bertz CT molecular complexity index is 421. The van der Waals surface area contributed by atoms with Crippen LogP contribution in [0.25, 0.3) is 0 Å². The van der Waals surface area contributed by atoms with Crippen LogP contribution in [-0.2, 0) is 19.1 Å². The zero-order valence-corrected chi connectivity index (χ0v) is 14.9. The first-order valence-electron chi connectivity index (χ1n) is 7.43. The number of nitrogens with one attached hydrogen (secondary N) is 1. The maximum atomic E-state index is 12.6. The van der Waals surface area contributed by atoms with Crippen molar-refractivity contribution in [2.75, 3.05) is 7.11 Å². The zero-order chi connectivity index (χ0) is 17.7. The highest BCUT2D eigenvalue weighted by Crippen LogP contribution is 2.23. The Hall–Kier alpha value is -1.59. The molecular weight excluding hydrogens is 286 g/mol. The maximum absolute atomic E-state index is 12.6. The summed E-state index contributed by atoms with van der Waals surface area (Å²) in [5.41, 5.74) is -1.99. The van der Waals surface area contributed by atoms with Crippen molar-refractivity contribution >= 4 is 17.8 Å². The third-order valence-corrected chi connectivity index (χ3v) is 3.03. The van der Waals surface area contributed by atoms with Crippen LogP contribution in [0.15, 0.2) is 0 Å². The van der Waals surface area contributed by atoms with Crippen molar-refractivity contribution in [3.8, 4) is 0 Å². The van der Waals surface area contributed by atoms with Crippen molar-refractivity contribution in [3.05, 3.63) is 0 Å². The molecule has 0 fully saturated rings. The summed E-state index contributed by atoms with van der Waals surface area (Å²) in [6.07, 6.45) is -0.259. The monoisotopic (exact) mass is 315 g/mol. The van der Waals surface area contributed by atoms with Crippen molar-refractivity contribution in [1.29, 1.82) is 0 Å². The van der Waals surface area contributed by atoms with Gasteiger partial charge in [0.05, 0.1) is 13.2 Å². The van der Waals surface area contributed by atoms with Gasteiger partial charge in [0, 0.05) is 0 Å². The summed E-state index contributed by atoms with van der Waals surface area (Å²) in [7, 11) is 1.23. The largest absolute Gasteiger partial charge is 0.468 e. The van der Waals surface area contributed by atoms with E-state index in [9.17, 15) is 14.4 Å². The first kappa shape index (κ1) is 20.4. The summed E-state index contributed by atoms with van der Waals surface area (Å²) in [5, 5.41) is 2.57. The number of amides is 1. The molecule has 0 aliphatic rings. The minimum absolute atomic E-state index is 0.164. The lowest BCUT2D eigenvalue weighted by molar-refractivity contribution is -0.156. The smallest absolute Gasteiger partial charge is 0.408 e. The van der Waals surface area contributed by atoms with Gasteiger partial charge in [0.1, 0.15) is 11.0 Å². The quantitative estimate of drug-likeness (QED) is 0.602. The molecule has 6 nitrogen and oxygen atoms in total. The topological polar surface area (TPSA) is 81.7 Å². The van der Waals surface area contributed by atoms with E-state index in [0.717, 1.165) is 0 Å². The molecule has 128 valence electrons. The number of carbonyl (C=O) groups excluding carboxylic acids is 3. The van der Waals surface area contributed by atoms with Crippen molar-refractivity contribution in [3.63, 3.8) is 0 Å². The molecule has 0 aromatic rings. The first-order valence-corrected chi connectivity index (χ1v) is 7.43. The average molecular weight is 315 g/mol. The molecule has 0 bridgehead atoms. The van der Waals surface area contributed by atoms with Crippen LogP contribution in [-0.4, -0.2) is 36.6 Å². The number of hydrogen-bond acceptors (Lipinski definition) is 5. The minimum Gasteiger partial charge on any atom is -0.468 e. The molecule has 1 atom stereocenters. The van der Waals surface area contributed by atoms with Crippen LogP contribution < -0.4 is 5.32 Å². The van der Waals surface area contributed by atoms with E-state index < -0.39 is 29.1 Å². The molecule has 0 spiro atoms. The molecule has 6 heteroatoms. The Labute approximate surface area is 132 Å². The van der Waals surface area contributed by atoms with Crippen LogP contribution in [0.2, 0.25) is 0 Å². The van der Waals surface area contributed by atoms with Gasteiger partial charge in [0.15, 0.2) is 5.78 Å². The standard InChI is InChI=1S/C16H29NO5/c1-10(2)9-11(17-14(20)22-15(3,4)5)12(18)16(6,7)13(19)21-8/h10-11H,9H2,1-8H3,(H,17,20)/t11-/m0/s1. The predicted molar refractivity (Wildman–Crippen MR) is 83.4 cm³/mol. The Morgan fingerprint density at radius 2 is 1.55 bits per heavy atom.